The van der Waals surface area contributed by atoms with E-state index in [0.29, 0.717) is 22.6 Å². The SMILES string of the molecule is C.COc1cc(/C=C/C(=O)O)ccc1O.COc1cc(/C=C\C(=O)O)ccc1O. The molecule has 0 aliphatic carbocycles. The number of phenols is 2. The van der Waals surface area contributed by atoms with E-state index in [1.807, 2.05) is 0 Å². The molecule has 0 amide bonds. The fourth-order valence-electron chi connectivity index (χ4n) is 1.93. The number of methoxy groups -OCH3 is 2. The van der Waals surface area contributed by atoms with Gasteiger partial charge in [0.25, 0.3) is 0 Å². The number of carboxylic acids is 2. The Labute approximate surface area is 168 Å². The van der Waals surface area contributed by atoms with E-state index in [9.17, 15) is 19.8 Å². The lowest BCUT2D eigenvalue weighted by Gasteiger charge is -2.03. The summed E-state index contributed by atoms with van der Waals surface area (Å²) in [5.74, 6) is -1.34. The summed E-state index contributed by atoms with van der Waals surface area (Å²) in [7, 11) is 2.86. The lowest BCUT2D eigenvalue weighted by molar-refractivity contribution is -0.132. The standard InChI is InChI=1S/2C10H10O4.CH4/c2*1-14-9-6-7(2-4-8(9)11)3-5-10(12)13;/h2*2-6,11H,1H3,(H,12,13);1H4/b5-3+;5-3-;. The van der Waals surface area contributed by atoms with Gasteiger partial charge in [0.2, 0.25) is 0 Å². The second-order valence-electron chi connectivity index (χ2n) is 5.21. The fraction of sp³-hybridized carbons (Fsp3) is 0.143. The average Bonchev–Trinajstić information content (AvgIpc) is 2.67. The normalized spacial score (nSPS) is 10.0. The number of hydrogen-bond donors (Lipinski definition) is 4. The first kappa shape index (κ1) is 25.1. The molecule has 2 rings (SSSR count). The van der Waals surface area contributed by atoms with Crippen molar-refractivity contribution in [2.75, 3.05) is 14.2 Å². The van der Waals surface area contributed by atoms with E-state index in [1.54, 1.807) is 24.3 Å². The minimum atomic E-state index is -1.02. The predicted molar refractivity (Wildman–Crippen MR) is 109 cm³/mol. The molecule has 0 aromatic heterocycles. The van der Waals surface area contributed by atoms with E-state index in [1.165, 1.54) is 38.5 Å². The molecule has 0 atom stereocenters. The topological polar surface area (TPSA) is 134 Å². The van der Waals surface area contributed by atoms with Gasteiger partial charge in [0.05, 0.1) is 14.2 Å². The van der Waals surface area contributed by atoms with Crippen LogP contribution in [0, 0.1) is 0 Å². The third kappa shape index (κ3) is 9.00. The molecular formula is C21H24O8. The van der Waals surface area contributed by atoms with Crippen molar-refractivity contribution in [1.82, 2.24) is 0 Å². The van der Waals surface area contributed by atoms with Crippen LogP contribution in [0.25, 0.3) is 12.2 Å². The number of rotatable bonds is 6. The van der Waals surface area contributed by atoms with Gasteiger partial charge < -0.3 is 29.9 Å². The van der Waals surface area contributed by atoms with Gasteiger partial charge in [-0.25, -0.2) is 9.59 Å². The molecular weight excluding hydrogens is 380 g/mol. The molecule has 0 heterocycles. The second kappa shape index (κ2) is 12.4. The van der Waals surface area contributed by atoms with E-state index >= 15 is 0 Å². The summed E-state index contributed by atoms with van der Waals surface area (Å²) in [5, 5.41) is 35.3. The summed E-state index contributed by atoms with van der Waals surface area (Å²) < 4.78 is 9.72. The molecule has 0 saturated carbocycles. The Hall–Kier alpha value is -3.94. The molecule has 0 saturated heterocycles. The van der Waals surface area contributed by atoms with Gasteiger partial charge in [-0.2, -0.15) is 0 Å². The van der Waals surface area contributed by atoms with Crippen molar-refractivity contribution in [3.8, 4) is 23.0 Å². The minimum absolute atomic E-state index is 0. The number of carbonyl (C=O) groups is 2. The molecule has 0 spiro atoms. The van der Waals surface area contributed by atoms with Gasteiger partial charge in [-0.3, -0.25) is 0 Å². The Morgan fingerprint density at radius 1 is 0.759 bits per heavy atom. The van der Waals surface area contributed by atoms with Crippen LogP contribution in [-0.4, -0.2) is 46.6 Å². The third-order valence-electron chi connectivity index (χ3n) is 3.24. The van der Waals surface area contributed by atoms with Gasteiger partial charge in [-0.1, -0.05) is 19.6 Å². The summed E-state index contributed by atoms with van der Waals surface area (Å²) in [6.07, 6.45) is 4.88. The first-order valence-electron chi connectivity index (χ1n) is 7.82. The summed E-state index contributed by atoms with van der Waals surface area (Å²) in [4.78, 5) is 20.5. The third-order valence-corrected chi connectivity index (χ3v) is 3.24. The zero-order valence-electron chi connectivity index (χ0n) is 15.2. The van der Waals surface area contributed by atoms with Crippen LogP contribution < -0.4 is 9.47 Å². The maximum atomic E-state index is 10.2. The zero-order chi connectivity index (χ0) is 21.1. The van der Waals surface area contributed by atoms with Gasteiger partial charge in [-0.05, 0) is 47.5 Å². The molecule has 156 valence electrons. The number of phenolic OH excluding ortho intramolecular Hbond substituents is 2. The van der Waals surface area contributed by atoms with E-state index in [0.717, 1.165) is 12.2 Å². The largest absolute Gasteiger partial charge is 0.504 e. The van der Waals surface area contributed by atoms with Crippen molar-refractivity contribution in [3.05, 3.63) is 59.7 Å². The first-order chi connectivity index (χ1) is 13.3. The molecule has 0 bridgehead atoms. The van der Waals surface area contributed by atoms with E-state index in [2.05, 4.69) is 0 Å². The maximum Gasteiger partial charge on any atom is 0.328 e. The Morgan fingerprint density at radius 2 is 1.10 bits per heavy atom. The predicted octanol–water partition coefficient (Wildman–Crippen LogP) is 3.63. The van der Waals surface area contributed by atoms with Gasteiger partial charge >= 0.3 is 11.9 Å². The molecule has 2 aromatic rings. The lowest BCUT2D eigenvalue weighted by Crippen LogP contribution is -1.87. The first-order valence-corrected chi connectivity index (χ1v) is 7.82. The van der Waals surface area contributed by atoms with Crippen LogP contribution in [0.2, 0.25) is 0 Å². The quantitative estimate of drug-likeness (QED) is 0.536. The number of aliphatic carboxylic acids is 2. The summed E-state index contributed by atoms with van der Waals surface area (Å²) >= 11 is 0. The summed E-state index contributed by atoms with van der Waals surface area (Å²) in [6, 6.07) is 9.18. The number of benzene rings is 2. The molecule has 4 N–H and O–H groups in total. The van der Waals surface area contributed by atoms with Gasteiger partial charge in [0.1, 0.15) is 0 Å². The second-order valence-corrected chi connectivity index (χ2v) is 5.21. The highest BCUT2D eigenvalue weighted by atomic mass is 16.5. The van der Waals surface area contributed by atoms with Crippen molar-refractivity contribution in [1.29, 1.82) is 0 Å². The maximum absolute atomic E-state index is 10.2. The highest BCUT2D eigenvalue weighted by Crippen LogP contribution is 2.27. The molecule has 29 heavy (non-hydrogen) atoms. The van der Waals surface area contributed by atoms with Gasteiger partial charge in [-0.15, -0.1) is 0 Å². The Kier molecular flexibility index (Phi) is 10.8. The summed E-state index contributed by atoms with van der Waals surface area (Å²) in [5.41, 5.74) is 1.31. The molecule has 0 radical (unpaired) electrons. The molecule has 0 fully saturated rings. The number of hydrogen-bond acceptors (Lipinski definition) is 6. The van der Waals surface area contributed by atoms with E-state index in [-0.39, 0.29) is 18.9 Å². The van der Waals surface area contributed by atoms with Crippen LogP contribution in [0.4, 0.5) is 0 Å². The molecule has 0 aliphatic heterocycles. The molecule has 8 nitrogen and oxygen atoms in total. The minimum Gasteiger partial charge on any atom is -0.504 e. The Bertz CT molecular complexity index is 811. The number of carboxylic acid groups (broad SMARTS) is 2. The fourth-order valence-corrected chi connectivity index (χ4v) is 1.93. The van der Waals surface area contributed by atoms with Crippen LogP contribution >= 0.6 is 0 Å². The smallest absolute Gasteiger partial charge is 0.328 e. The highest BCUT2D eigenvalue weighted by Gasteiger charge is 2.01. The van der Waals surface area contributed by atoms with Crippen LogP contribution in [0.15, 0.2) is 48.6 Å². The van der Waals surface area contributed by atoms with Crippen molar-refractivity contribution in [3.63, 3.8) is 0 Å². The Balaban J connectivity index is 0.000000523. The van der Waals surface area contributed by atoms with Crippen LogP contribution in [0.5, 0.6) is 23.0 Å². The van der Waals surface area contributed by atoms with Crippen molar-refractivity contribution >= 4 is 24.1 Å². The zero-order valence-corrected chi connectivity index (χ0v) is 15.2. The number of aromatic hydroxyl groups is 2. The average molecular weight is 404 g/mol. The molecule has 2 aromatic carbocycles. The monoisotopic (exact) mass is 404 g/mol. The molecule has 0 unspecified atom stereocenters. The van der Waals surface area contributed by atoms with Crippen LogP contribution in [-0.2, 0) is 9.59 Å². The van der Waals surface area contributed by atoms with E-state index < -0.39 is 11.9 Å². The summed E-state index contributed by atoms with van der Waals surface area (Å²) in [6.45, 7) is 0. The van der Waals surface area contributed by atoms with Crippen molar-refractivity contribution < 1.29 is 39.5 Å². The molecule has 8 heteroatoms. The van der Waals surface area contributed by atoms with Crippen molar-refractivity contribution in [2.45, 2.75) is 7.43 Å². The van der Waals surface area contributed by atoms with Crippen LogP contribution in [0.3, 0.4) is 0 Å². The Morgan fingerprint density at radius 3 is 1.38 bits per heavy atom. The lowest BCUT2D eigenvalue weighted by atomic mass is 10.2. The highest BCUT2D eigenvalue weighted by molar-refractivity contribution is 5.85. The van der Waals surface area contributed by atoms with E-state index in [4.69, 9.17) is 19.7 Å². The van der Waals surface area contributed by atoms with Gasteiger partial charge in [0, 0.05) is 12.2 Å². The number of ether oxygens (including phenoxy) is 2. The molecule has 0 aliphatic rings. The van der Waals surface area contributed by atoms with Gasteiger partial charge in [0.15, 0.2) is 23.0 Å². The van der Waals surface area contributed by atoms with Crippen LogP contribution in [0.1, 0.15) is 18.6 Å². The van der Waals surface area contributed by atoms with Crippen molar-refractivity contribution in [2.24, 2.45) is 0 Å².